The molecule has 2 heterocycles. The molecule has 2 heteroatoms. The van der Waals surface area contributed by atoms with E-state index >= 15 is 0 Å². The van der Waals surface area contributed by atoms with Crippen molar-refractivity contribution in [2.24, 2.45) is 5.92 Å². The summed E-state index contributed by atoms with van der Waals surface area (Å²) in [6.45, 7) is 5.19. The fourth-order valence-electron chi connectivity index (χ4n) is 4.54. The van der Waals surface area contributed by atoms with Gasteiger partial charge in [0.2, 0.25) is 0 Å². The number of benzene rings is 1. The molecule has 2 nitrogen and oxygen atoms in total. The van der Waals surface area contributed by atoms with Crippen molar-refractivity contribution in [3.05, 3.63) is 35.4 Å². The largest absolute Gasteiger partial charge is 0.314 e. The summed E-state index contributed by atoms with van der Waals surface area (Å²) < 4.78 is 0. The second-order valence-electron chi connectivity index (χ2n) is 6.96. The number of hydrogen-bond donors (Lipinski definition) is 1. The summed E-state index contributed by atoms with van der Waals surface area (Å²) in [7, 11) is 0. The van der Waals surface area contributed by atoms with Crippen molar-refractivity contribution < 1.29 is 0 Å². The molecule has 3 atom stereocenters. The minimum absolute atomic E-state index is 0.807. The van der Waals surface area contributed by atoms with E-state index in [0.29, 0.717) is 0 Å². The van der Waals surface area contributed by atoms with Crippen LogP contribution in [0.15, 0.2) is 24.3 Å². The highest BCUT2D eigenvalue weighted by atomic mass is 15.1. The Morgan fingerprint density at radius 3 is 2.95 bits per heavy atom. The smallest absolute Gasteiger partial charge is 0.0108 e. The normalized spacial score (nSPS) is 33.7. The van der Waals surface area contributed by atoms with Gasteiger partial charge in [-0.3, -0.25) is 0 Å². The van der Waals surface area contributed by atoms with Crippen LogP contribution in [-0.4, -0.2) is 37.1 Å². The molecule has 0 saturated carbocycles. The third-order valence-electron chi connectivity index (χ3n) is 5.65. The van der Waals surface area contributed by atoms with E-state index in [1.165, 1.54) is 58.3 Å². The maximum atomic E-state index is 3.72. The van der Waals surface area contributed by atoms with Gasteiger partial charge < -0.3 is 10.2 Å². The molecule has 1 aliphatic carbocycles. The topological polar surface area (TPSA) is 15.3 Å². The Labute approximate surface area is 122 Å². The van der Waals surface area contributed by atoms with Crippen LogP contribution in [0.4, 0.5) is 0 Å². The van der Waals surface area contributed by atoms with Crippen LogP contribution in [0.2, 0.25) is 0 Å². The molecule has 2 saturated heterocycles. The van der Waals surface area contributed by atoms with Crippen molar-refractivity contribution in [2.45, 2.75) is 44.1 Å². The van der Waals surface area contributed by atoms with Crippen molar-refractivity contribution in [1.29, 1.82) is 0 Å². The first-order valence-electron chi connectivity index (χ1n) is 8.44. The minimum atomic E-state index is 0.807. The van der Waals surface area contributed by atoms with Gasteiger partial charge in [0.1, 0.15) is 0 Å². The zero-order valence-electron chi connectivity index (χ0n) is 12.4. The van der Waals surface area contributed by atoms with Crippen molar-refractivity contribution in [2.75, 3.05) is 26.2 Å². The number of nitrogens with zero attached hydrogens (tertiary/aromatic N) is 1. The lowest BCUT2D eigenvalue weighted by atomic mass is 9.77. The monoisotopic (exact) mass is 270 g/mol. The van der Waals surface area contributed by atoms with Crippen molar-refractivity contribution in [3.8, 4) is 0 Å². The van der Waals surface area contributed by atoms with E-state index in [4.69, 9.17) is 0 Å². The highest BCUT2D eigenvalue weighted by Gasteiger charge is 2.32. The molecular weight excluding hydrogens is 244 g/mol. The lowest BCUT2D eigenvalue weighted by Crippen LogP contribution is -2.45. The molecule has 0 radical (unpaired) electrons. The van der Waals surface area contributed by atoms with Gasteiger partial charge in [-0.2, -0.15) is 0 Å². The number of rotatable bonds is 3. The molecule has 0 spiro atoms. The van der Waals surface area contributed by atoms with E-state index in [9.17, 15) is 0 Å². The van der Waals surface area contributed by atoms with E-state index in [1.54, 1.807) is 11.1 Å². The van der Waals surface area contributed by atoms with Crippen LogP contribution in [-0.2, 0) is 6.42 Å². The van der Waals surface area contributed by atoms with Gasteiger partial charge in [-0.25, -0.2) is 0 Å². The first-order chi connectivity index (χ1) is 9.90. The summed E-state index contributed by atoms with van der Waals surface area (Å²) in [5, 5.41) is 3.72. The van der Waals surface area contributed by atoms with Crippen molar-refractivity contribution in [1.82, 2.24) is 10.2 Å². The summed E-state index contributed by atoms with van der Waals surface area (Å²) in [6, 6.07) is 9.83. The number of hydrogen-bond acceptors (Lipinski definition) is 2. The summed E-state index contributed by atoms with van der Waals surface area (Å²) in [5.41, 5.74) is 3.21. The average molecular weight is 270 g/mol. The Bertz CT molecular complexity index is 464. The first kappa shape index (κ1) is 12.8. The van der Waals surface area contributed by atoms with E-state index in [0.717, 1.165) is 17.9 Å². The lowest BCUT2D eigenvalue weighted by molar-refractivity contribution is 0.141. The lowest BCUT2D eigenvalue weighted by Gasteiger charge is -2.40. The van der Waals surface area contributed by atoms with Gasteiger partial charge in [-0.1, -0.05) is 24.3 Å². The number of fused-ring (bicyclic) bond motifs is 1. The third kappa shape index (κ3) is 2.40. The number of nitrogens with one attached hydrogen (secondary N) is 1. The van der Waals surface area contributed by atoms with Gasteiger partial charge in [0.05, 0.1) is 0 Å². The molecule has 0 amide bonds. The summed E-state index contributed by atoms with van der Waals surface area (Å²) in [4.78, 5) is 2.74. The molecule has 20 heavy (non-hydrogen) atoms. The average Bonchev–Trinajstić information content (AvgIpc) is 2.99. The molecule has 2 fully saturated rings. The molecule has 0 bridgehead atoms. The maximum absolute atomic E-state index is 3.72. The Morgan fingerprint density at radius 2 is 2.10 bits per heavy atom. The molecule has 1 aromatic rings. The van der Waals surface area contributed by atoms with Gasteiger partial charge >= 0.3 is 0 Å². The molecule has 108 valence electrons. The Balaban J connectivity index is 1.35. The Kier molecular flexibility index (Phi) is 3.53. The number of piperidine rings is 1. The van der Waals surface area contributed by atoms with Crippen LogP contribution in [0, 0.1) is 5.92 Å². The Hall–Kier alpha value is -0.860. The molecular formula is C18H26N2. The standard InChI is InChI=1S/C18H26N2/c1-2-7-17-14(5-1)11-16(17)13-20-10-4-6-15(12-20)18-8-3-9-19-18/h1-2,5,7,15-16,18-19H,3-4,6,8-13H2. The predicted octanol–water partition coefficient (Wildman–Crippen LogP) is 2.79. The van der Waals surface area contributed by atoms with E-state index in [2.05, 4.69) is 34.5 Å². The molecule has 3 unspecified atom stereocenters. The van der Waals surface area contributed by atoms with Crippen LogP contribution in [0.1, 0.15) is 42.7 Å². The molecule has 2 aliphatic heterocycles. The van der Waals surface area contributed by atoms with Gasteiger partial charge in [-0.05, 0) is 62.2 Å². The SMILES string of the molecule is c1ccc2c(c1)CC2CN1CCCC(C2CCCN2)C1. The highest BCUT2D eigenvalue weighted by molar-refractivity contribution is 5.40. The zero-order valence-corrected chi connectivity index (χ0v) is 12.4. The van der Waals surface area contributed by atoms with Gasteiger partial charge in [-0.15, -0.1) is 0 Å². The predicted molar refractivity (Wildman–Crippen MR) is 83.1 cm³/mol. The second-order valence-corrected chi connectivity index (χ2v) is 6.96. The van der Waals surface area contributed by atoms with Crippen LogP contribution < -0.4 is 5.32 Å². The second kappa shape index (κ2) is 5.50. The van der Waals surface area contributed by atoms with Crippen LogP contribution in [0.25, 0.3) is 0 Å². The minimum Gasteiger partial charge on any atom is -0.314 e. The summed E-state index contributed by atoms with van der Waals surface area (Å²) >= 11 is 0. The van der Waals surface area contributed by atoms with Gasteiger partial charge in [0, 0.05) is 25.0 Å². The number of likely N-dealkylation sites (tertiary alicyclic amines) is 1. The highest BCUT2D eigenvalue weighted by Crippen LogP contribution is 2.36. The Morgan fingerprint density at radius 1 is 1.15 bits per heavy atom. The quantitative estimate of drug-likeness (QED) is 0.908. The zero-order chi connectivity index (χ0) is 13.4. The molecule has 4 rings (SSSR count). The van der Waals surface area contributed by atoms with Crippen LogP contribution in [0.5, 0.6) is 0 Å². The third-order valence-corrected chi connectivity index (χ3v) is 5.65. The summed E-state index contributed by atoms with van der Waals surface area (Å²) in [5.74, 6) is 1.71. The van der Waals surface area contributed by atoms with Gasteiger partial charge in [0.15, 0.2) is 0 Å². The molecule has 1 aromatic carbocycles. The molecule has 1 N–H and O–H groups in total. The molecule has 3 aliphatic rings. The first-order valence-corrected chi connectivity index (χ1v) is 8.44. The van der Waals surface area contributed by atoms with E-state index < -0.39 is 0 Å². The van der Waals surface area contributed by atoms with Crippen LogP contribution in [0.3, 0.4) is 0 Å². The van der Waals surface area contributed by atoms with E-state index in [-0.39, 0.29) is 0 Å². The molecule has 0 aromatic heterocycles. The van der Waals surface area contributed by atoms with Gasteiger partial charge in [0.25, 0.3) is 0 Å². The van der Waals surface area contributed by atoms with Crippen molar-refractivity contribution >= 4 is 0 Å². The van der Waals surface area contributed by atoms with Crippen LogP contribution >= 0.6 is 0 Å². The van der Waals surface area contributed by atoms with Crippen molar-refractivity contribution in [3.63, 3.8) is 0 Å². The summed E-state index contributed by atoms with van der Waals surface area (Å²) in [6.07, 6.45) is 6.94. The maximum Gasteiger partial charge on any atom is 0.0108 e. The fraction of sp³-hybridized carbons (Fsp3) is 0.667. The van der Waals surface area contributed by atoms with E-state index in [1.807, 2.05) is 0 Å². The fourth-order valence-corrected chi connectivity index (χ4v) is 4.54.